The van der Waals surface area contributed by atoms with Crippen molar-refractivity contribution in [3.8, 4) is 22.8 Å². The minimum absolute atomic E-state index is 0.0383. The summed E-state index contributed by atoms with van der Waals surface area (Å²) >= 11 is 0. The summed E-state index contributed by atoms with van der Waals surface area (Å²) in [5, 5.41) is 23.9. The van der Waals surface area contributed by atoms with Crippen molar-refractivity contribution in [1.82, 2.24) is 24.8 Å². The highest BCUT2D eigenvalue weighted by atomic mass is 19.3. The molecule has 4 rings (SSSR count). The molecule has 13 heteroatoms. The number of aliphatic hydroxyl groups is 1. The molecule has 162 valence electrons. The number of halogens is 4. The highest BCUT2D eigenvalue weighted by molar-refractivity contribution is 5.79. The third kappa shape index (κ3) is 4.35. The van der Waals surface area contributed by atoms with Gasteiger partial charge in [-0.2, -0.15) is 27.8 Å². The zero-order valence-corrected chi connectivity index (χ0v) is 15.4. The number of fused-ring (bicyclic) bond motifs is 1. The lowest BCUT2D eigenvalue weighted by atomic mass is 10.1. The van der Waals surface area contributed by atoms with E-state index in [0.717, 1.165) is 18.2 Å². The van der Waals surface area contributed by atoms with Gasteiger partial charge in [0, 0.05) is 18.0 Å². The first-order chi connectivity index (χ1) is 14.9. The van der Waals surface area contributed by atoms with E-state index >= 15 is 0 Å². The monoisotopic (exact) mass is 438 g/mol. The molecule has 0 fully saturated rings. The zero-order chi connectivity index (χ0) is 22.0. The maximum Gasteiger partial charge on any atom is 0.387 e. The first-order valence-corrected chi connectivity index (χ1v) is 8.72. The van der Waals surface area contributed by atoms with E-state index in [0.29, 0.717) is 11.2 Å². The number of aliphatic hydroxyl groups excluding tert-OH is 1. The third-order valence-electron chi connectivity index (χ3n) is 4.19. The van der Waals surface area contributed by atoms with Crippen LogP contribution in [0.5, 0.6) is 11.5 Å². The first kappa shape index (κ1) is 20.4. The van der Waals surface area contributed by atoms with Crippen LogP contribution in [0.3, 0.4) is 0 Å². The molecule has 1 aromatic carbocycles. The van der Waals surface area contributed by atoms with Crippen LogP contribution in [0.1, 0.15) is 11.8 Å². The Morgan fingerprint density at radius 2 is 1.90 bits per heavy atom. The number of anilines is 1. The fraction of sp³-hybridized carbons (Fsp3) is 0.167. The van der Waals surface area contributed by atoms with Gasteiger partial charge < -0.3 is 19.9 Å². The van der Waals surface area contributed by atoms with Gasteiger partial charge in [0.25, 0.3) is 0 Å². The fourth-order valence-electron chi connectivity index (χ4n) is 2.94. The molecule has 0 aliphatic heterocycles. The van der Waals surface area contributed by atoms with Crippen LogP contribution in [0.25, 0.3) is 16.9 Å². The SMILES string of the molecule is OC(Nc1cn[nH]c1-c1cc(OC(F)F)ccc1OC(F)F)c1cnn2cccnc12. The molecule has 0 aliphatic rings. The van der Waals surface area contributed by atoms with E-state index in [2.05, 4.69) is 35.1 Å². The number of ether oxygens (including phenoxy) is 2. The zero-order valence-electron chi connectivity index (χ0n) is 15.4. The summed E-state index contributed by atoms with van der Waals surface area (Å²) in [7, 11) is 0. The van der Waals surface area contributed by atoms with Gasteiger partial charge in [-0.3, -0.25) is 5.10 Å². The molecule has 4 aromatic rings. The van der Waals surface area contributed by atoms with E-state index in [9.17, 15) is 22.7 Å². The molecule has 0 radical (unpaired) electrons. The molecule has 3 heterocycles. The largest absolute Gasteiger partial charge is 0.435 e. The van der Waals surface area contributed by atoms with Crippen LogP contribution in [0, 0.1) is 0 Å². The molecular formula is C18H14F4N6O3. The smallest absolute Gasteiger partial charge is 0.387 e. The van der Waals surface area contributed by atoms with Crippen molar-refractivity contribution in [3.63, 3.8) is 0 Å². The lowest BCUT2D eigenvalue weighted by Crippen LogP contribution is -2.10. The van der Waals surface area contributed by atoms with Crippen LogP contribution < -0.4 is 14.8 Å². The van der Waals surface area contributed by atoms with Crippen molar-refractivity contribution in [2.24, 2.45) is 0 Å². The molecule has 3 aromatic heterocycles. The van der Waals surface area contributed by atoms with E-state index in [1.165, 1.54) is 23.1 Å². The van der Waals surface area contributed by atoms with Crippen molar-refractivity contribution < 1.29 is 32.1 Å². The van der Waals surface area contributed by atoms with E-state index in [-0.39, 0.29) is 28.4 Å². The molecule has 0 amide bonds. The summed E-state index contributed by atoms with van der Waals surface area (Å²) < 4.78 is 61.1. The second-order valence-corrected chi connectivity index (χ2v) is 6.11. The third-order valence-corrected chi connectivity index (χ3v) is 4.19. The van der Waals surface area contributed by atoms with Gasteiger partial charge in [0.05, 0.1) is 29.3 Å². The molecule has 31 heavy (non-hydrogen) atoms. The summed E-state index contributed by atoms with van der Waals surface area (Å²) in [4.78, 5) is 4.14. The van der Waals surface area contributed by atoms with Crippen LogP contribution in [0.2, 0.25) is 0 Å². The average molecular weight is 438 g/mol. The second kappa shape index (κ2) is 8.47. The van der Waals surface area contributed by atoms with E-state index in [1.807, 2.05) is 0 Å². The predicted molar refractivity (Wildman–Crippen MR) is 98.9 cm³/mol. The molecule has 0 bridgehead atoms. The number of nitrogens with zero attached hydrogens (tertiary/aromatic N) is 4. The Morgan fingerprint density at radius 1 is 1.10 bits per heavy atom. The summed E-state index contributed by atoms with van der Waals surface area (Å²) in [5.74, 6) is -0.587. The standard InChI is InChI=1S/C18H14F4N6O3/c19-17(20)30-9-2-3-13(31-18(21)22)10(6-9)14-12(8-24-27-14)26-16(29)11-7-25-28-5-1-4-23-15(11)28/h1-8,16-18,26,29H,(H,24,27). The molecule has 1 unspecified atom stereocenters. The highest BCUT2D eigenvalue weighted by Crippen LogP contribution is 2.38. The number of alkyl halides is 4. The van der Waals surface area contributed by atoms with Crippen molar-refractivity contribution in [3.05, 3.63) is 54.6 Å². The minimum Gasteiger partial charge on any atom is -0.435 e. The maximum atomic E-state index is 12.8. The Labute approximate surface area is 171 Å². The van der Waals surface area contributed by atoms with Gasteiger partial charge in [0.1, 0.15) is 11.5 Å². The van der Waals surface area contributed by atoms with Gasteiger partial charge in [-0.25, -0.2) is 9.50 Å². The maximum absolute atomic E-state index is 12.8. The van der Waals surface area contributed by atoms with Crippen LogP contribution in [-0.2, 0) is 0 Å². The number of aromatic amines is 1. The van der Waals surface area contributed by atoms with Gasteiger partial charge in [-0.15, -0.1) is 0 Å². The van der Waals surface area contributed by atoms with E-state index in [1.54, 1.807) is 12.3 Å². The molecular weight excluding hydrogens is 424 g/mol. The van der Waals surface area contributed by atoms with Gasteiger partial charge in [0.2, 0.25) is 0 Å². The highest BCUT2D eigenvalue weighted by Gasteiger charge is 2.21. The Bertz CT molecular complexity index is 1180. The Kier molecular flexibility index (Phi) is 5.58. The number of rotatable bonds is 8. The van der Waals surface area contributed by atoms with Gasteiger partial charge in [-0.05, 0) is 24.3 Å². The van der Waals surface area contributed by atoms with Crippen molar-refractivity contribution in [1.29, 1.82) is 0 Å². The molecule has 0 saturated heterocycles. The Morgan fingerprint density at radius 3 is 2.68 bits per heavy atom. The number of H-pyrrole nitrogens is 1. The van der Waals surface area contributed by atoms with Crippen LogP contribution in [-0.4, -0.2) is 43.1 Å². The summed E-state index contributed by atoms with van der Waals surface area (Å²) in [5.41, 5.74) is 0.965. The number of benzene rings is 1. The van der Waals surface area contributed by atoms with Crippen LogP contribution >= 0.6 is 0 Å². The molecule has 9 nitrogen and oxygen atoms in total. The quantitative estimate of drug-likeness (QED) is 0.286. The topological polar surface area (TPSA) is 110 Å². The van der Waals surface area contributed by atoms with Gasteiger partial charge in [0.15, 0.2) is 11.9 Å². The number of nitrogens with one attached hydrogen (secondary N) is 2. The fourth-order valence-corrected chi connectivity index (χ4v) is 2.94. The lowest BCUT2D eigenvalue weighted by molar-refractivity contribution is -0.0526. The Hall–Kier alpha value is -3.87. The molecule has 0 aliphatic carbocycles. The van der Waals surface area contributed by atoms with Gasteiger partial charge in [-0.1, -0.05) is 0 Å². The van der Waals surface area contributed by atoms with E-state index < -0.39 is 19.5 Å². The van der Waals surface area contributed by atoms with E-state index in [4.69, 9.17) is 0 Å². The molecule has 3 N–H and O–H groups in total. The summed E-state index contributed by atoms with van der Waals surface area (Å²) in [6.07, 6.45) is 4.55. The van der Waals surface area contributed by atoms with Crippen molar-refractivity contribution in [2.75, 3.05) is 5.32 Å². The van der Waals surface area contributed by atoms with Crippen molar-refractivity contribution >= 4 is 11.3 Å². The lowest BCUT2D eigenvalue weighted by Gasteiger charge is -2.16. The number of aromatic nitrogens is 5. The average Bonchev–Trinajstić information content (AvgIpc) is 3.35. The van der Waals surface area contributed by atoms with Crippen LogP contribution in [0.4, 0.5) is 23.2 Å². The molecule has 1 atom stereocenters. The molecule has 0 saturated carbocycles. The van der Waals surface area contributed by atoms with Crippen molar-refractivity contribution in [2.45, 2.75) is 19.5 Å². The number of hydrogen-bond donors (Lipinski definition) is 3. The summed E-state index contributed by atoms with van der Waals surface area (Å²) in [6.45, 7) is -6.27. The minimum atomic E-state index is -3.16. The second-order valence-electron chi connectivity index (χ2n) is 6.11. The normalized spacial score (nSPS) is 12.5. The first-order valence-electron chi connectivity index (χ1n) is 8.72. The molecule has 0 spiro atoms. The number of hydrogen-bond acceptors (Lipinski definition) is 7. The van der Waals surface area contributed by atoms with Gasteiger partial charge >= 0.3 is 13.2 Å². The Balaban J connectivity index is 1.68. The van der Waals surface area contributed by atoms with Crippen LogP contribution in [0.15, 0.2) is 49.1 Å². The summed E-state index contributed by atoms with van der Waals surface area (Å²) in [6, 6.07) is 4.88. The predicted octanol–water partition coefficient (Wildman–Crippen LogP) is 3.43.